The molecule has 1 atom stereocenters. The van der Waals surface area contributed by atoms with Crippen LogP contribution in [-0.4, -0.2) is 47.3 Å². The molecule has 0 aliphatic carbocycles. The summed E-state index contributed by atoms with van der Waals surface area (Å²) in [4.78, 5) is 14.8. The van der Waals surface area contributed by atoms with Crippen molar-refractivity contribution in [3.05, 3.63) is 30.0 Å². The van der Waals surface area contributed by atoms with Gasteiger partial charge in [0.25, 0.3) is 5.91 Å². The number of H-pyrrole nitrogens is 1. The highest BCUT2D eigenvalue weighted by Crippen LogP contribution is 2.35. The molecule has 6 nitrogen and oxygen atoms in total. The van der Waals surface area contributed by atoms with E-state index in [1.807, 2.05) is 23.1 Å². The average Bonchev–Trinajstić information content (AvgIpc) is 3.10. The molecule has 6 heteroatoms. The Bertz CT molecular complexity index is 756. The van der Waals surface area contributed by atoms with Crippen molar-refractivity contribution in [1.82, 2.24) is 15.1 Å². The summed E-state index contributed by atoms with van der Waals surface area (Å²) in [7, 11) is 0. The number of piperidine rings is 1. The van der Waals surface area contributed by atoms with Crippen molar-refractivity contribution in [3.63, 3.8) is 0 Å². The predicted octanol–water partition coefficient (Wildman–Crippen LogP) is 2.72. The second-order valence-corrected chi connectivity index (χ2v) is 6.52. The SMILES string of the molecule is CC1CCCN(C(=O)c2cn[nH]c2-c2ccc3c(c2)OCCO3)C1. The molecule has 2 aromatic rings. The van der Waals surface area contributed by atoms with Gasteiger partial charge in [-0.05, 0) is 37.0 Å². The molecule has 0 bridgehead atoms. The number of nitrogens with zero attached hydrogens (tertiary/aromatic N) is 2. The lowest BCUT2D eigenvalue weighted by atomic mass is 9.99. The fraction of sp³-hybridized carbons (Fsp3) is 0.444. The Morgan fingerprint density at radius 1 is 1.29 bits per heavy atom. The normalized spacial score (nSPS) is 20.0. The quantitative estimate of drug-likeness (QED) is 0.921. The van der Waals surface area contributed by atoms with E-state index < -0.39 is 0 Å². The van der Waals surface area contributed by atoms with Gasteiger partial charge < -0.3 is 14.4 Å². The number of fused-ring (bicyclic) bond motifs is 1. The van der Waals surface area contributed by atoms with Gasteiger partial charge in [-0.1, -0.05) is 6.92 Å². The van der Waals surface area contributed by atoms with Crippen molar-refractivity contribution < 1.29 is 14.3 Å². The summed E-state index contributed by atoms with van der Waals surface area (Å²) in [6, 6.07) is 5.70. The van der Waals surface area contributed by atoms with Crippen molar-refractivity contribution in [2.45, 2.75) is 19.8 Å². The molecule has 1 saturated heterocycles. The van der Waals surface area contributed by atoms with E-state index in [-0.39, 0.29) is 5.91 Å². The Morgan fingerprint density at radius 3 is 2.96 bits per heavy atom. The van der Waals surface area contributed by atoms with Crippen molar-refractivity contribution in [1.29, 1.82) is 0 Å². The molecule has 2 aliphatic heterocycles. The minimum absolute atomic E-state index is 0.0418. The molecule has 0 saturated carbocycles. The summed E-state index contributed by atoms with van der Waals surface area (Å²) in [6.07, 6.45) is 3.86. The number of hydrogen-bond donors (Lipinski definition) is 1. The molecule has 3 heterocycles. The van der Waals surface area contributed by atoms with Crippen molar-refractivity contribution in [2.75, 3.05) is 26.3 Å². The summed E-state index contributed by atoms with van der Waals surface area (Å²) in [5, 5.41) is 7.07. The van der Waals surface area contributed by atoms with Crippen LogP contribution in [0.4, 0.5) is 0 Å². The molecule has 126 valence electrons. The maximum absolute atomic E-state index is 12.9. The average molecular weight is 327 g/mol. The molecule has 0 radical (unpaired) electrons. The Balaban J connectivity index is 1.64. The number of benzene rings is 1. The minimum Gasteiger partial charge on any atom is -0.486 e. The Morgan fingerprint density at radius 2 is 2.12 bits per heavy atom. The number of aromatic amines is 1. The van der Waals surface area contributed by atoms with Crippen LogP contribution in [0.5, 0.6) is 11.5 Å². The van der Waals surface area contributed by atoms with Crippen molar-refractivity contribution in [2.24, 2.45) is 5.92 Å². The first-order chi connectivity index (χ1) is 11.7. The molecule has 2 aliphatic rings. The van der Waals surface area contributed by atoms with E-state index in [0.29, 0.717) is 30.4 Å². The minimum atomic E-state index is 0.0418. The van der Waals surface area contributed by atoms with Crippen LogP contribution in [0.3, 0.4) is 0 Å². The smallest absolute Gasteiger partial charge is 0.257 e. The molecule has 1 aromatic carbocycles. The third kappa shape index (κ3) is 2.72. The van der Waals surface area contributed by atoms with Crippen molar-refractivity contribution in [3.8, 4) is 22.8 Å². The lowest BCUT2D eigenvalue weighted by molar-refractivity contribution is 0.0684. The Labute approximate surface area is 140 Å². The van der Waals surface area contributed by atoms with E-state index in [0.717, 1.165) is 36.5 Å². The Hall–Kier alpha value is -2.50. The fourth-order valence-electron chi connectivity index (χ4n) is 3.41. The van der Waals surface area contributed by atoms with Crippen LogP contribution in [0.1, 0.15) is 30.1 Å². The largest absolute Gasteiger partial charge is 0.486 e. The molecular weight excluding hydrogens is 306 g/mol. The van der Waals surface area contributed by atoms with Gasteiger partial charge in [0.1, 0.15) is 13.2 Å². The first kappa shape index (κ1) is 15.1. The van der Waals surface area contributed by atoms with Crippen LogP contribution < -0.4 is 9.47 Å². The number of amides is 1. The zero-order chi connectivity index (χ0) is 16.5. The molecule has 1 unspecified atom stereocenters. The molecular formula is C18H21N3O3. The van der Waals surface area contributed by atoms with Gasteiger partial charge in [-0.25, -0.2) is 0 Å². The topological polar surface area (TPSA) is 67.5 Å². The molecule has 1 amide bonds. The van der Waals surface area contributed by atoms with E-state index in [4.69, 9.17) is 9.47 Å². The van der Waals surface area contributed by atoms with Crippen LogP contribution in [0, 0.1) is 5.92 Å². The van der Waals surface area contributed by atoms with Gasteiger partial charge in [-0.2, -0.15) is 5.10 Å². The lowest BCUT2D eigenvalue weighted by Crippen LogP contribution is -2.39. The molecule has 4 rings (SSSR count). The van der Waals surface area contributed by atoms with E-state index in [1.54, 1.807) is 6.20 Å². The van der Waals surface area contributed by atoms with Crippen LogP contribution in [0.15, 0.2) is 24.4 Å². The number of rotatable bonds is 2. The number of carbonyl (C=O) groups excluding carboxylic acids is 1. The number of hydrogen-bond acceptors (Lipinski definition) is 4. The molecule has 0 spiro atoms. The molecule has 24 heavy (non-hydrogen) atoms. The van der Waals surface area contributed by atoms with E-state index >= 15 is 0 Å². The maximum Gasteiger partial charge on any atom is 0.257 e. The number of aromatic nitrogens is 2. The van der Waals surface area contributed by atoms with Gasteiger partial charge in [-0.15, -0.1) is 0 Å². The van der Waals surface area contributed by atoms with E-state index in [2.05, 4.69) is 17.1 Å². The van der Waals surface area contributed by atoms with Gasteiger partial charge in [0, 0.05) is 18.7 Å². The summed E-state index contributed by atoms with van der Waals surface area (Å²) in [6.45, 7) is 4.92. The first-order valence-corrected chi connectivity index (χ1v) is 8.45. The zero-order valence-electron chi connectivity index (χ0n) is 13.7. The van der Waals surface area contributed by atoms with Gasteiger partial charge in [0.2, 0.25) is 0 Å². The van der Waals surface area contributed by atoms with Crippen molar-refractivity contribution >= 4 is 5.91 Å². The lowest BCUT2D eigenvalue weighted by Gasteiger charge is -2.30. The van der Waals surface area contributed by atoms with Gasteiger partial charge in [0.15, 0.2) is 11.5 Å². The molecule has 1 fully saturated rings. The third-order valence-electron chi connectivity index (χ3n) is 4.64. The van der Waals surface area contributed by atoms with E-state index in [1.165, 1.54) is 6.42 Å². The highest BCUT2D eigenvalue weighted by atomic mass is 16.6. The highest BCUT2D eigenvalue weighted by molar-refractivity contribution is 6.00. The summed E-state index contributed by atoms with van der Waals surface area (Å²) < 4.78 is 11.2. The maximum atomic E-state index is 12.9. The summed E-state index contributed by atoms with van der Waals surface area (Å²) in [5.74, 6) is 2.04. The van der Waals surface area contributed by atoms with Gasteiger partial charge in [-0.3, -0.25) is 9.89 Å². The van der Waals surface area contributed by atoms with Crippen LogP contribution in [0.25, 0.3) is 11.3 Å². The standard InChI is InChI=1S/C18H21N3O3/c1-12-3-2-6-21(11-12)18(22)14-10-19-20-17(14)13-4-5-15-16(9-13)24-8-7-23-15/h4-5,9-10,12H,2-3,6-8,11H2,1H3,(H,19,20). The molecule has 1 aromatic heterocycles. The second-order valence-electron chi connectivity index (χ2n) is 6.52. The number of ether oxygens (including phenoxy) is 2. The summed E-state index contributed by atoms with van der Waals surface area (Å²) in [5.41, 5.74) is 2.22. The predicted molar refractivity (Wildman–Crippen MR) is 89.3 cm³/mol. The van der Waals surface area contributed by atoms with Crippen LogP contribution in [-0.2, 0) is 0 Å². The Kier molecular flexibility index (Phi) is 3.88. The number of carbonyl (C=O) groups is 1. The van der Waals surface area contributed by atoms with Crippen LogP contribution in [0.2, 0.25) is 0 Å². The number of nitrogens with one attached hydrogen (secondary N) is 1. The van der Waals surface area contributed by atoms with Gasteiger partial charge in [0.05, 0.1) is 17.5 Å². The number of likely N-dealkylation sites (tertiary alicyclic amines) is 1. The third-order valence-corrected chi connectivity index (χ3v) is 4.64. The van der Waals surface area contributed by atoms with Crippen LogP contribution >= 0.6 is 0 Å². The fourth-order valence-corrected chi connectivity index (χ4v) is 3.41. The van der Waals surface area contributed by atoms with Gasteiger partial charge >= 0.3 is 0 Å². The highest BCUT2D eigenvalue weighted by Gasteiger charge is 2.26. The second kappa shape index (κ2) is 6.19. The van der Waals surface area contributed by atoms with E-state index in [9.17, 15) is 4.79 Å². The monoisotopic (exact) mass is 327 g/mol. The first-order valence-electron chi connectivity index (χ1n) is 8.45. The summed E-state index contributed by atoms with van der Waals surface area (Å²) >= 11 is 0. The molecule has 1 N–H and O–H groups in total. The zero-order valence-corrected chi connectivity index (χ0v) is 13.7.